The third kappa shape index (κ3) is 3.70. The molecule has 2 rings (SSSR count). The van der Waals surface area contributed by atoms with Crippen LogP contribution in [0.2, 0.25) is 0 Å². The summed E-state index contributed by atoms with van der Waals surface area (Å²) in [6.07, 6.45) is -0.811. The van der Waals surface area contributed by atoms with Gasteiger partial charge in [0.2, 0.25) is 0 Å². The Labute approximate surface area is 138 Å². The van der Waals surface area contributed by atoms with Crippen molar-refractivity contribution in [2.75, 3.05) is 0 Å². The Morgan fingerprint density at radius 3 is 2.04 bits per heavy atom. The molecule has 8 heteroatoms. The monoisotopic (exact) mass is 334 g/mol. The van der Waals surface area contributed by atoms with Crippen LogP contribution < -0.4 is 5.32 Å². The van der Waals surface area contributed by atoms with E-state index in [9.17, 15) is 19.2 Å². The lowest BCUT2D eigenvalue weighted by Crippen LogP contribution is -2.45. The molecule has 1 aromatic carbocycles. The summed E-state index contributed by atoms with van der Waals surface area (Å²) in [7, 11) is 0. The van der Waals surface area contributed by atoms with Crippen molar-refractivity contribution in [2.24, 2.45) is 0 Å². The number of nitrogens with zero attached hydrogens (tertiary/aromatic N) is 1. The summed E-state index contributed by atoms with van der Waals surface area (Å²) >= 11 is 0. The largest absolute Gasteiger partial charge is 0.444 e. The van der Waals surface area contributed by atoms with E-state index in [-0.39, 0.29) is 11.1 Å². The molecule has 1 unspecified atom stereocenters. The van der Waals surface area contributed by atoms with Gasteiger partial charge in [0.05, 0.1) is 11.1 Å². The lowest BCUT2D eigenvalue weighted by molar-refractivity contribution is -0.170. The lowest BCUT2D eigenvalue weighted by Gasteiger charge is -2.22. The van der Waals surface area contributed by atoms with Gasteiger partial charge in [-0.05, 0) is 39.8 Å². The minimum absolute atomic E-state index is 0.156. The number of imide groups is 1. The molecule has 0 bridgehead atoms. The number of amides is 3. The molecule has 0 saturated carbocycles. The molecule has 1 aliphatic heterocycles. The Balaban J connectivity index is 1.99. The van der Waals surface area contributed by atoms with Crippen LogP contribution in [0.15, 0.2) is 24.3 Å². The lowest BCUT2D eigenvalue weighted by atomic mass is 10.1. The number of rotatable bonds is 3. The number of fused-ring (bicyclic) bond motifs is 1. The van der Waals surface area contributed by atoms with Crippen molar-refractivity contribution in [3.05, 3.63) is 35.4 Å². The molecular formula is C16H18N2O6. The second-order valence-corrected chi connectivity index (χ2v) is 6.23. The van der Waals surface area contributed by atoms with Gasteiger partial charge in [0.25, 0.3) is 11.8 Å². The van der Waals surface area contributed by atoms with Crippen LogP contribution in [-0.2, 0) is 14.4 Å². The van der Waals surface area contributed by atoms with Gasteiger partial charge >= 0.3 is 12.1 Å². The first-order chi connectivity index (χ1) is 11.1. The van der Waals surface area contributed by atoms with Gasteiger partial charge in [-0.3, -0.25) is 9.59 Å². The SMILES string of the molecule is CC(NC(=O)OC(C)(C)C)C(=O)ON1C(=O)c2ccccc2C1=O. The Bertz CT molecular complexity index is 672. The third-order valence-corrected chi connectivity index (χ3v) is 3.02. The molecule has 24 heavy (non-hydrogen) atoms. The zero-order valence-electron chi connectivity index (χ0n) is 13.8. The average Bonchev–Trinajstić information content (AvgIpc) is 2.70. The Morgan fingerprint density at radius 1 is 1.08 bits per heavy atom. The van der Waals surface area contributed by atoms with E-state index in [4.69, 9.17) is 9.57 Å². The van der Waals surface area contributed by atoms with Crippen molar-refractivity contribution in [3.8, 4) is 0 Å². The van der Waals surface area contributed by atoms with Crippen LogP contribution in [0.4, 0.5) is 4.79 Å². The zero-order valence-corrected chi connectivity index (χ0v) is 13.8. The molecule has 8 nitrogen and oxygen atoms in total. The van der Waals surface area contributed by atoms with E-state index < -0.39 is 35.5 Å². The van der Waals surface area contributed by atoms with Gasteiger partial charge in [-0.2, -0.15) is 0 Å². The number of hydrogen-bond donors (Lipinski definition) is 1. The molecule has 128 valence electrons. The number of carbonyl (C=O) groups is 4. The normalized spacial score (nSPS) is 14.9. The Morgan fingerprint density at radius 2 is 1.58 bits per heavy atom. The molecule has 0 spiro atoms. The summed E-state index contributed by atoms with van der Waals surface area (Å²) in [5, 5.41) is 2.67. The molecule has 1 heterocycles. The highest BCUT2D eigenvalue weighted by Crippen LogP contribution is 2.22. The minimum Gasteiger partial charge on any atom is -0.444 e. The number of alkyl carbamates (subject to hydrolysis) is 1. The smallest absolute Gasteiger partial charge is 0.408 e. The molecule has 0 aliphatic carbocycles. The molecule has 0 saturated heterocycles. The Hall–Kier alpha value is -2.90. The summed E-state index contributed by atoms with van der Waals surface area (Å²) < 4.78 is 5.02. The maximum absolute atomic E-state index is 12.1. The van der Waals surface area contributed by atoms with E-state index in [2.05, 4.69) is 5.32 Å². The maximum atomic E-state index is 12.1. The molecule has 0 radical (unpaired) electrons. The second-order valence-electron chi connectivity index (χ2n) is 6.23. The highest BCUT2D eigenvalue weighted by atomic mass is 16.7. The van der Waals surface area contributed by atoms with Crippen molar-refractivity contribution in [2.45, 2.75) is 39.3 Å². The van der Waals surface area contributed by atoms with Crippen LogP contribution in [0, 0.1) is 0 Å². The van der Waals surface area contributed by atoms with Gasteiger partial charge < -0.3 is 14.9 Å². The second kappa shape index (κ2) is 6.31. The van der Waals surface area contributed by atoms with Gasteiger partial charge in [-0.15, -0.1) is 0 Å². The molecule has 1 aromatic rings. The van der Waals surface area contributed by atoms with Crippen LogP contribution in [0.5, 0.6) is 0 Å². The topological polar surface area (TPSA) is 102 Å². The van der Waals surface area contributed by atoms with Crippen LogP contribution in [0.25, 0.3) is 0 Å². The fraction of sp³-hybridized carbons (Fsp3) is 0.375. The minimum atomic E-state index is -1.11. The predicted octanol–water partition coefficient (Wildman–Crippen LogP) is 1.65. The molecule has 0 aromatic heterocycles. The van der Waals surface area contributed by atoms with Crippen LogP contribution in [-0.4, -0.2) is 40.6 Å². The number of hydroxylamine groups is 2. The van der Waals surface area contributed by atoms with E-state index in [1.54, 1.807) is 32.9 Å². The van der Waals surface area contributed by atoms with Crippen molar-refractivity contribution in [1.29, 1.82) is 0 Å². The highest BCUT2D eigenvalue weighted by Gasteiger charge is 2.39. The van der Waals surface area contributed by atoms with Crippen LogP contribution in [0.3, 0.4) is 0 Å². The number of ether oxygens (including phenoxy) is 1. The van der Waals surface area contributed by atoms with E-state index in [0.717, 1.165) is 0 Å². The van der Waals surface area contributed by atoms with Gasteiger partial charge in [-0.1, -0.05) is 17.2 Å². The van der Waals surface area contributed by atoms with Crippen LogP contribution >= 0.6 is 0 Å². The number of nitrogens with one attached hydrogen (secondary N) is 1. The Kier molecular flexibility index (Phi) is 4.59. The van der Waals surface area contributed by atoms with Crippen molar-refractivity contribution >= 4 is 23.9 Å². The van der Waals surface area contributed by atoms with Crippen LogP contribution in [0.1, 0.15) is 48.4 Å². The summed E-state index contributed by atoms with van der Waals surface area (Å²) in [6, 6.07) is 5.02. The zero-order chi connectivity index (χ0) is 18.1. The summed E-state index contributed by atoms with van der Waals surface area (Å²) in [4.78, 5) is 52.7. The van der Waals surface area contributed by atoms with E-state index in [1.807, 2.05) is 0 Å². The fourth-order valence-corrected chi connectivity index (χ4v) is 1.96. The highest BCUT2D eigenvalue weighted by molar-refractivity contribution is 6.20. The first-order valence-electron chi connectivity index (χ1n) is 7.29. The van der Waals surface area contributed by atoms with E-state index >= 15 is 0 Å². The first kappa shape index (κ1) is 17.5. The molecular weight excluding hydrogens is 316 g/mol. The molecule has 3 amide bonds. The molecule has 1 aliphatic rings. The third-order valence-electron chi connectivity index (χ3n) is 3.02. The van der Waals surface area contributed by atoms with E-state index in [0.29, 0.717) is 5.06 Å². The molecule has 1 N–H and O–H groups in total. The quantitative estimate of drug-likeness (QED) is 0.843. The molecule has 0 fully saturated rings. The van der Waals surface area contributed by atoms with Crippen molar-refractivity contribution in [1.82, 2.24) is 10.4 Å². The molecule has 1 atom stereocenters. The predicted molar refractivity (Wildman–Crippen MR) is 81.9 cm³/mol. The van der Waals surface area contributed by atoms with Crippen molar-refractivity contribution < 1.29 is 28.8 Å². The summed E-state index contributed by atoms with van der Waals surface area (Å²) in [5.41, 5.74) is -0.415. The summed E-state index contributed by atoms with van der Waals surface area (Å²) in [5.74, 6) is -2.42. The van der Waals surface area contributed by atoms with Gasteiger partial charge in [0, 0.05) is 0 Å². The number of hydrogen-bond acceptors (Lipinski definition) is 6. The van der Waals surface area contributed by atoms with E-state index in [1.165, 1.54) is 19.1 Å². The van der Waals surface area contributed by atoms with Gasteiger partial charge in [0.15, 0.2) is 0 Å². The maximum Gasteiger partial charge on any atom is 0.408 e. The first-order valence-corrected chi connectivity index (χ1v) is 7.29. The van der Waals surface area contributed by atoms with Gasteiger partial charge in [-0.25, -0.2) is 9.59 Å². The number of carbonyl (C=O) groups excluding carboxylic acids is 4. The van der Waals surface area contributed by atoms with Crippen molar-refractivity contribution in [3.63, 3.8) is 0 Å². The average molecular weight is 334 g/mol. The standard InChI is InChI=1S/C16H18N2O6/c1-9(17-15(22)23-16(2,3)4)14(21)24-18-12(19)10-7-5-6-8-11(10)13(18)20/h5-9H,1-4H3,(H,17,22). The fourth-order valence-electron chi connectivity index (χ4n) is 1.96. The number of benzene rings is 1. The van der Waals surface area contributed by atoms with Gasteiger partial charge in [0.1, 0.15) is 11.6 Å². The summed E-state index contributed by atoms with van der Waals surface area (Å²) in [6.45, 7) is 6.38.